The predicted octanol–water partition coefficient (Wildman–Crippen LogP) is 3.40. The zero-order valence-corrected chi connectivity index (χ0v) is 8.80. The number of hydrogen-bond donors (Lipinski definition) is 0. The minimum absolute atomic E-state index is 0.584. The Bertz CT molecular complexity index is 434. The van der Waals surface area contributed by atoms with E-state index in [1.165, 1.54) is 0 Å². The Labute approximate surface area is 94.1 Å². The Balaban J connectivity index is 3.17. The highest BCUT2D eigenvalue weighted by atomic mass is 79.9. The normalized spacial score (nSPS) is 11.3. The van der Waals surface area contributed by atoms with Crippen LogP contribution in [0.3, 0.4) is 0 Å². The van der Waals surface area contributed by atoms with Crippen LogP contribution >= 0.6 is 15.9 Å². The molecular weight excluding hydrogens is 302 g/mol. The number of benzene rings is 1. The van der Waals surface area contributed by atoms with Crippen molar-refractivity contribution >= 4 is 21.6 Å². The first-order valence-corrected chi connectivity index (χ1v) is 4.40. The van der Waals surface area contributed by atoms with E-state index in [9.17, 15) is 27.7 Å². The number of nitrogens with zero attached hydrogens (tertiary/aromatic N) is 1. The van der Waals surface area contributed by atoms with Crippen LogP contribution in [0.15, 0.2) is 16.6 Å². The lowest BCUT2D eigenvalue weighted by Gasteiger charge is -2.10. The molecule has 0 aliphatic rings. The molecule has 1 rings (SSSR count). The van der Waals surface area contributed by atoms with Crippen molar-refractivity contribution < 1.29 is 27.2 Å². The minimum Gasteiger partial charge on any atom is -0.404 e. The van der Waals surface area contributed by atoms with Crippen LogP contribution in [0.5, 0.6) is 5.75 Å². The molecular formula is C7H2BrF4NO3. The van der Waals surface area contributed by atoms with E-state index in [2.05, 4.69) is 20.7 Å². The third kappa shape index (κ3) is 2.81. The molecule has 16 heavy (non-hydrogen) atoms. The molecule has 0 N–H and O–H groups in total. The molecule has 4 nitrogen and oxygen atoms in total. The summed E-state index contributed by atoms with van der Waals surface area (Å²) in [6.45, 7) is 0. The van der Waals surface area contributed by atoms with E-state index in [-0.39, 0.29) is 0 Å². The fraction of sp³-hybridized carbons (Fsp3) is 0.143. The molecule has 0 radical (unpaired) electrons. The molecule has 0 spiro atoms. The Kier molecular flexibility index (Phi) is 3.36. The van der Waals surface area contributed by atoms with Gasteiger partial charge in [0.2, 0.25) is 5.82 Å². The fourth-order valence-corrected chi connectivity index (χ4v) is 1.28. The summed E-state index contributed by atoms with van der Waals surface area (Å²) in [5, 5.41) is 10.3. The number of alkyl halides is 3. The Morgan fingerprint density at radius 3 is 2.38 bits per heavy atom. The van der Waals surface area contributed by atoms with Crippen molar-refractivity contribution in [2.45, 2.75) is 6.36 Å². The van der Waals surface area contributed by atoms with E-state index in [4.69, 9.17) is 0 Å². The summed E-state index contributed by atoms with van der Waals surface area (Å²) in [4.78, 5) is 9.19. The molecule has 88 valence electrons. The zero-order chi connectivity index (χ0) is 12.5. The van der Waals surface area contributed by atoms with Crippen LogP contribution in [0.25, 0.3) is 0 Å². The first kappa shape index (κ1) is 12.7. The molecule has 9 heteroatoms. The van der Waals surface area contributed by atoms with Crippen molar-refractivity contribution in [2.75, 3.05) is 0 Å². The van der Waals surface area contributed by atoms with Crippen molar-refractivity contribution in [1.29, 1.82) is 0 Å². The van der Waals surface area contributed by atoms with E-state index in [1.54, 1.807) is 0 Å². The van der Waals surface area contributed by atoms with Crippen LogP contribution in [0.1, 0.15) is 0 Å². The second-order valence-electron chi connectivity index (χ2n) is 2.52. The van der Waals surface area contributed by atoms with Gasteiger partial charge in [0.25, 0.3) is 0 Å². The van der Waals surface area contributed by atoms with Crippen LogP contribution in [0.2, 0.25) is 0 Å². The largest absolute Gasteiger partial charge is 0.573 e. The summed E-state index contributed by atoms with van der Waals surface area (Å²) < 4.78 is 51.3. The maximum absolute atomic E-state index is 13.2. The number of ether oxygens (including phenoxy) is 1. The molecule has 0 aliphatic carbocycles. The summed E-state index contributed by atoms with van der Waals surface area (Å²) in [6.07, 6.45) is -4.99. The van der Waals surface area contributed by atoms with Gasteiger partial charge in [0, 0.05) is 6.07 Å². The number of nitro groups is 1. The summed E-state index contributed by atoms with van der Waals surface area (Å²) in [5.74, 6) is -2.30. The molecule has 1 aromatic carbocycles. The summed E-state index contributed by atoms with van der Waals surface area (Å²) in [5.41, 5.74) is -0.943. The van der Waals surface area contributed by atoms with Crippen molar-refractivity contribution in [2.24, 2.45) is 0 Å². The molecule has 0 aromatic heterocycles. The molecule has 0 heterocycles. The number of nitro benzene ring substituents is 1. The lowest BCUT2D eigenvalue weighted by Crippen LogP contribution is -2.17. The molecule has 0 bridgehead atoms. The lowest BCUT2D eigenvalue weighted by atomic mass is 10.3. The van der Waals surface area contributed by atoms with Crippen LogP contribution in [-0.4, -0.2) is 11.3 Å². The van der Waals surface area contributed by atoms with Gasteiger partial charge in [-0.3, -0.25) is 10.1 Å². The SMILES string of the molecule is O=[N+]([O-])c1ccc(OC(F)(F)F)c(Br)c1F. The number of halogens is 5. The molecule has 1 aromatic rings. The molecule has 0 amide bonds. The second-order valence-corrected chi connectivity index (χ2v) is 3.31. The van der Waals surface area contributed by atoms with Gasteiger partial charge in [-0.2, -0.15) is 4.39 Å². The topological polar surface area (TPSA) is 52.4 Å². The van der Waals surface area contributed by atoms with Gasteiger partial charge in [-0.05, 0) is 22.0 Å². The van der Waals surface area contributed by atoms with Crippen molar-refractivity contribution in [3.8, 4) is 5.75 Å². The molecule has 0 unspecified atom stereocenters. The first-order chi connectivity index (χ1) is 7.22. The zero-order valence-electron chi connectivity index (χ0n) is 7.22. The van der Waals surface area contributed by atoms with E-state index in [0.717, 1.165) is 0 Å². The van der Waals surface area contributed by atoms with E-state index in [0.29, 0.717) is 12.1 Å². The molecule has 0 aliphatic heterocycles. The fourth-order valence-electron chi connectivity index (χ4n) is 0.866. The van der Waals surface area contributed by atoms with Gasteiger partial charge in [-0.25, -0.2) is 0 Å². The summed E-state index contributed by atoms with van der Waals surface area (Å²) in [7, 11) is 0. The van der Waals surface area contributed by atoms with Crippen LogP contribution < -0.4 is 4.74 Å². The first-order valence-electron chi connectivity index (χ1n) is 3.60. The Morgan fingerprint density at radius 1 is 1.38 bits per heavy atom. The van der Waals surface area contributed by atoms with Gasteiger partial charge < -0.3 is 4.74 Å². The molecule has 0 atom stereocenters. The Hall–Kier alpha value is -1.38. The second kappa shape index (κ2) is 4.24. The van der Waals surface area contributed by atoms with Gasteiger partial charge >= 0.3 is 12.0 Å². The number of rotatable bonds is 2. The molecule has 0 saturated carbocycles. The highest BCUT2D eigenvalue weighted by molar-refractivity contribution is 9.10. The van der Waals surface area contributed by atoms with Gasteiger partial charge in [-0.1, -0.05) is 0 Å². The van der Waals surface area contributed by atoms with Gasteiger partial charge in [-0.15, -0.1) is 13.2 Å². The van der Waals surface area contributed by atoms with Crippen LogP contribution in [-0.2, 0) is 0 Å². The summed E-state index contributed by atoms with van der Waals surface area (Å²) >= 11 is 2.45. The lowest BCUT2D eigenvalue weighted by molar-refractivity contribution is -0.387. The predicted molar refractivity (Wildman–Crippen MR) is 47.4 cm³/mol. The Morgan fingerprint density at radius 2 is 1.94 bits per heavy atom. The van der Waals surface area contributed by atoms with E-state index in [1.807, 2.05) is 0 Å². The van der Waals surface area contributed by atoms with E-state index >= 15 is 0 Å². The van der Waals surface area contributed by atoms with Gasteiger partial charge in [0.05, 0.1) is 4.92 Å². The summed E-state index contributed by atoms with van der Waals surface area (Å²) in [6, 6.07) is 1.24. The standard InChI is InChI=1S/C7H2BrF4NO3/c8-5-4(16-7(10,11)12)2-1-3(6(5)9)13(14)15/h1-2H. The molecule has 0 fully saturated rings. The highest BCUT2D eigenvalue weighted by Gasteiger charge is 2.33. The van der Waals surface area contributed by atoms with E-state index < -0.39 is 33.0 Å². The molecule has 0 saturated heterocycles. The smallest absolute Gasteiger partial charge is 0.404 e. The van der Waals surface area contributed by atoms with Crippen LogP contribution in [0, 0.1) is 15.9 Å². The maximum atomic E-state index is 13.2. The highest BCUT2D eigenvalue weighted by Crippen LogP contribution is 2.36. The van der Waals surface area contributed by atoms with Crippen LogP contribution in [0.4, 0.5) is 23.2 Å². The maximum Gasteiger partial charge on any atom is 0.573 e. The van der Waals surface area contributed by atoms with Crippen molar-refractivity contribution in [1.82, 2.24) is 0 Å². The van der Waals surface area contributed by atoms with Gasteiger partial charge in [0.1, 0.15) is 10.2 Å². The monoisotopic (exact) mass is 303 g/mol. The van der Waals surface area contributed by atoms with Gasteiger partial charge in [0.15, 0.2) is 0 Å². The third-order valence-electron chi connectivity index (χ3n) is 1.45. The number of hydrogen-bond acceptors (Lipinski definition) is 3. The van der Waals surface area contributed by atoms with Crippen molar-refractivity contribution in [3.63, 3.8) is 0 Å². The quantitative estimate of drug-likeness (QED) is 0.478. The van der Waals surface area contributed by atoms with Crippen molar-refractivity contribution in [3.05, 3.63) is 32.5 Å². The average Bonchev–Trinajstić information content (AvgIpc) is 2.10. The minimum atomic E-state index is -4.99. The third-order valence-corrected chi connectivity index (χ3v) is 2.19. The average molecular weight is 304 g/mol.